The average molecular weight is 490 g/mol. The van der Waals surface area contributed by atoms with Crippen LogP contribution >= 0.6 is 0 Å². The van der Waals surface area contributed by atoms with Crippen molar-refractivity contribution in [3.05, 3.63) is 64.7 Å². The lowest BCUT2D eigenvalue weighted by Crippen LogP contribution is -2.20. The van der Waals surface area contributed by atoms with Crippen molar-refractivity contribution in [2.75, 3.05) is 19.8 Å². The molecule has 2 aromatic rings. The standard InChI is InChI=1S/C23H20F6O5/c24-22(25,26)19-11-16(7-5-14(19)6-8-21(30)31)33-13-15-12-32-10-9-17(15)18-3-1-2-4-20(18)34-23(27,28)29/h1-5,7,11H,6,8-10,12-13H2,(H,30,31). The van der Waals surface area contributed by atoms with E-state index in [0.717, 1.165) is 12.1 Å². The molecule has 184 valence electrons. The van der Waals surface area contributed by atoms with Crippen molar-refractivity contribution in [2.45, 2.75) is 31.8 Å². The van der Waals surface area contributed by atoms with Crippen LogP contribution in [0.1, 0.15) is 29.5 Å². The van der Waals surface area contributed by atoms with Gasteiger partial charge in [-0.05, 0) is 47.8 Å². The minimum atomic E-state index is -4.89. The van der Waals surface area contributed by atoms with Crippen molar-refractivity contribution in [1.29, 1.82) is 0 Å². The normalized spacial score (nSPS) is 14.8. The molecule has 0 fully saturated rings. The number of alkyl halides is 6. The van der Waals surface area contributed by atoms with Gasteiger partial charge in [0.25, 0.3) is 0 Å². The van der Waals surface area contributed by atoms with Gasteiger partial charge in [0, 0.05) is 12.0 Å². The Kier molecular flexibility index (Phi) is 7.75. The Morgan fingerprint density at radius 3 is 2.47 bits per heavy atom. The summed E-state index contributed by atoms with van der Waals surface area (Å²) in [6, 6.07) is 8.80. The smallest absolute Gasteiger partial charge is 0.489 e. The van der Waals surface area contributed by atoms with E-state index in [2.05, 4.69) is 4.74 Å². The summed E-state index contributed by atoms with van der Waals surface area (Å²) < 4.78 is 93.9. The monoisotopic (exact) mass is 490 g/mol. The second-order valence-electron chi connectivity index (χ2n) is 7.43. The molecule has 0 radical (unpaired) electrons. The number of hydrogen-bond donors (Lipinski definition) is 1. The number of carboxylic acids is 1. The number of para-hydroxylation sites is 1. The van der Waals surface area contributed by atoms with Crippen LogP contribution in [0.3, 0.4) is 0 Å². The molecule has 0 saturated heterocycles. The topological polar surface area (TPSA) is 65.0 Å². The van der Waals surface area contributed by atoms with Gasteiger partial charge >= 0.3 is 18.5 Å². The Morgan fingerprint density at radius 1 is 1.06 bits per heavy atom. The SMILES string of the molecule is O=C(O)CCc1ccc(OCC2=C(c3ccccc3OC(F)(F)F)CCOC2)cc1C(F)(F)F. The summed E-state index contributed by atoms with van der Waals surface area (Å²) in [4.78, 5) is 10.7. The summed E-state index contributed by atoms with van der Waals surface area (Å²) in [5, 5.41) is 8.76. The quantitative estimate of drug-likeness (QED) is 0.469. The molecule has 0 aliphatic carbocycles. The molecule has 0 aromatic heterocycles. The van der Waals surface area contributed by atoms with Crippen LogP contribution in [0.25, 0.3) is 5.57 Å². The van der Waals surface area contributed by atoms with E-state index >= 15 is 0 Å². The number of rotatable bonds is 8. The summed E-state index contributed by atoms with van der Waals surface area (Å²) in [6.07, 6.45) is -10.1. The minimum Gasteiger partial charge on any atom is -0.489 e. The maximum atomic E-state index is 13.5. The van der Waals surface area contributed by atoms with E-state index in [4.69, 9.17) is 14.6 Å². The molecule has 1 N–H and O–H groups in total. The zero-order valence-electron chi connectivity index (χ0n) is 17.6. The Hall–Kier alpha value is -3.21. The first-order valence-electron chi connectivity index (χ1n) is 10.1. The van der Waals surface area contributed by atoms with Crippen LogP contribution in [0.4, 0.5) is 26.3 Å². The zero-order valence-corrected chi connectivity index (χ0v) is 17.6. The third-order valence-electron chi connectivity index (χ3n) is 5.05. The van der Waals surface area contributed by atoms with Crippen molar-refractivity contribution in [3.8, 4) is 11.5 Å². The Labute approximate surface area is 190 Å². The van der Waals surface area contributed by atoms with E-state index in [0.29, 0.717) is 11.1 Å². The minimum absolute atomic E-state index is 0.0263. The predicted molar refractivity (Wildman–Crippen MR) is 108 cm³/mol. The van der Waals surface area contributed by atoms with Crippen LogP contribution < -0.4 is 9.47 Å². The van der Waals surface area contributed by atoms with E-state index in [1.807, 2.05) is 0 Å². The fourth-order valence-electron chi connectivity index (χ4n) is 3.56. The molecule has 5 nitrogen and oxygen atoms in total. The summed E-state index contributed by atoms with van der Waals surface area (Å²) in [5.74, 6) is -1.74. The van der Waals surface area contributed by atoms with Crippen molar-refractivity contribution in [1.82, 2.24) is 0 Å². The molecule has 11 heteroatoms. The van der Waals surface area contributed by atoms with Crippen LogP contribution in [-0.4, -0.2) is 37.3 Å². The van der Waals surface area contributed by atoms with Crippen LogP contribution in [0.15, 0.2) is 48.0 Å². The highest BCUT2D eigenvalue weighted by atomic mass is 19.4. The zero-order chi connectivity index (χ0) is 24.9. The molecule has 0 spiro atoms. The molecule has 0 saturated carbocycles. The molecule has 1 aliphatic heterocycles. The van der Waals surface area contributed by atoms with Gasteiger partial charge in [0.1, 0.15) is 18.1 Å². The molecule has 0 unspecified atom stereocenters. The maximum absolute atomic E-state index is 13.5. The lowest BCUT2D eigenvalue weighted by molar-refractivity contribution is -0.274. The first kappa shape index (κ1) is 25.4. The summed E-state index contributed by atoms with van der Waals surface area (Å²) >= 11 is 0. The summed E-state index contributed by atoms with van der Waals surface area (Å²) in [7, 11) is 0. The molecule has 1 heterocycles. The number of halogens is 6. The van der Waals surface area contributed by atoms with Gasteiger partial charge in [-0.25, -0.2) is 0 Å². The van der Waals surface area contributed by atoms with Crippen LogP contribution in [0.2, 0.25) is 0 Å². The largest absolute Gasteiger partial charge is 0.573 e. The third-order valence-corrected chi connectivity index (χ3v) is 5.05. The van der Waals surface area contributed by atoms with E-state index < -0.39 is 36.2 Å². The van der Waals surface area contributed by atoms with Gasteiger partial charge < -0.3 is 19.3 Å². The molecule has 0 amide bonds. The number of carboxylic acid groups (broad SMARTS) is 1. The van der Waals surface area contributed by atoms with E-state index in [9.17, 15) is 31.1 Å². The van der Waals surface area contributed by atoms with Gasteiger partial charge in [-0.2, -0.15) is 13.2 Å². The molecular weight excluding hydrogens is 470 g/mol. The molecule has 3 rings (SSSR count). The number of carbonyl (C=O) groups is 1. The Bertz CT molecular complexity index is 1060. The molecule has 1 aliphatic rings. The van der Waals surface area contributed by atoms with Crippen molar-refractivity contribution in [3.63, 3.8) is 0 Å². The second-order valence-corrected chi connectivity index (χ2v) is 7.43. The predicted octanol–water partition coefficient (Wildman–Crippen LogP) is 5.87. The molecule has 0 atom stereocenters. The first-order chi connectivity index (χ1) is 15.9. The fourth-order valence-corrected chi connectivity index (χ4v) is 3.56. The van der Waals surface area contributed by atoms with Crippen molar-refractivity contribution >= 4 is 11.5 Å². The lowest BCUT2D eigenvalue weighted by Gasteiger charge is -2.23. The maximum Gasteiger partial charge on any atom is 0.573 e. The lowest BCUT2D eigenvalue weighted by atomic mass is 9.95. The van der Waals surface area contributed by atoms with Gasteiger partial charge in [-0.1, -0.05) is 24.3 Å². The second kappa shape index (κ2) is 10.4. The molecule has 2 aromatic carbocycles. The number of aliphatic carboxylic acids is 1. The highest BCUT2D eigenvalue weighted by molar-refractivity contribution is 5.74. The first-order valence-corrected chi connectivity index (χ1v) is 10.1. The molecular formula is C23H20F6O5. The van der Waals surface area contributed by atoms with Crippen LogP contribution in [-0.2, 0) is 22.1 Å². The molecule has 34 heavy (non-hydrogen) atoms. The summed E-state index contributed by atoms with van der Waals surface area (Å²) in [6.45, 7) is 0.0512. The van der Waals surface area contributed by atoms with E-state index in [-0.39, 0.29) is 49.5 Å². The fraction of sp³-hybridized carbons (Fsp3) is 0.348. The van der Waals surface area contributed by atoms with Gasteiger partial charge in [0.2, 0.25) is 0 Å². The summed E-state index contributed by atoms with van der Waals surface area (Å²) in [5.41, 5.74) is -0.0272. The van der Waals surface area contributed by atoms with Crippen LogP contribution in [0, 0.1) is 0 Å². The molecule has 0 bridgehead atoms. The van der Waals surface area contributed by atoms with Crippen molar-refractivity contribution in [2.24, 2.45) is 0 Å². The number of benzene rings is 2. The van der Waals surface area contributed by atoms with E-state index in [1.165, 1.54) is 24.3 Å². The number of aryl methyl sites for hydroxylation is 1. The van der Waals surface area contributed by atoms with Gasteiger partial charge in [0.15, 0.2) is 0 Å². The van der Waals surface area contributed by atoms with Gasteiger partial charge in [-0.3, -0.25) is 4.79 Å². The van der Waals surface area contributed by atoms with Crippen LogP contribution in [0.5, 0.6) is 11.5 Å². The number of ether oxygens (including phenoxy) is 3. The number of hydrogen-bond acceptors (Lipinski definition) is 4. The van der Waals surface area contributed by atoms with E-state index in [1.54, 1.807) is 6.07 Å². The Morgan fingerprint density at radius 2 is 1.79 bits per heavy atom. The third kappa shape index (κ3) is 6.89. The highest BCUT2D eigenvalue weighted by Crippen LogP contribution is 2.37. The van der Waals surface area contributed by atoms with Gasteiger partial charge in [0.05, 0.1) is 18.8 Å². The average Bonchev–Trinajstić information content (AvgIpc) is 2.75. The van der Waals surface area contributed by atoms with Gasteiger partial charge in [-0.15, -0.1) is 13.2 Å². The van der Waals surface area contributed by atoms with Crippen molar-refractivity contribution < 1.29 is 50.5 Å². The Balaban J connectivity index is 1.87. The highest BCUT2D eigenvalue weighted by Gasteiger charge is 2.34.